The van der Waals surface area contributed by atoms with Crippen LogP contribution in [0, 0.1) is 6.07 Å². The van der Waals surface area contributed by atoms with Gasteiger partial charge in [-0.2, -0.15) is 0 Å². The van der Waals surface area contributed by atoms with Gasteiger partial charge in [0.2, 0.25) is 0 Å². The van der Waals surface area contributed by atoms with E-state index in [0.717, 1.165) is 19.4 Å². The van der Waals surface area contributed by atoms with Crippen LogP contribution < -0.4 is 11.1 Å². The highest BCUT2D eigenvalue weighted by Crippen LogP contribution is 2.31. The van der Waals surface area contributed by atoms with Crippen molar-refractivity contribution >= 4 is 28.9 Å². The van der Waals surface area contributed by atoms with Gasteiger partial charge < -0.3 is 16.2 Å². The molecular formula is C20H25Cl2N2O. The van der Waals surface area contributed by atoms with Crippen molar-refractivity contribution in [2.45, 2.75) is 38.2 Å². The molecule has 2 rings (SSSR count). The molecule has 0 saturated carbocycles. The van der Waals surface area contributed by atoms with Gasteiger partial charge in [0, 0.05) is 6.54 Å². The van der Waals surface area contributed by atoms with Crippen molar-refractivity contribution in [3.8, 4) is 0 Å². The third-order valence-electron chi connectivity index (χ3n) is 4.18. The largest absolute Gasteiger partial charge is 0.396 e. The van der Waals surface area contributed by atoms with Crippen LogP contribution >= 0.6 is 23.2 Å². The molecule has 3 nitrogen and oxygen atoms in total. The van der Waals surface area contributed by atoms with Gasteiger partial charge in [0.25, 0.3) is 0 Å². The smallest absolute Gasteiger partial charge is 0.0915 e. The first-order chi connectivity index (χ1) is 12.1. The molecule has 135 valence electrons. The lowest BCUT2D eigenvalue weighted by Crippen LogP contribution is -2.22. The van der Waals surface area contributed by atoms with E-state index in [0.29, 0.717) is 27.8 Å². The van der Waals surface area contributed by atoms with Crippen LogP contribution in [0.1, 0.15) is 42.9 Å². The zero-order chi connectivity index (χ0) is 18.1. The summed E-state index contributed by atoms with van der Waals surface area (Å²) in [6.07, 6.45) is 5.17. The number of benzene rings is 2. The second kappa shape index (κ2) is 10.7. The topological polar surface area (TPSA) is 58.3 Å². The SMILES string of the molecule is Nc1c(Cl)cc(C(O)CNCCCCCCc2cc[c]cc2)cc1Cl. The molecule has 0 heterocycles. The van der Waals surface area contributed by atoms with Crippen molar-refractivity contribution in [2.75, 3.05) is 18.8 Å². The summed E-state index contributed by atoms with van der Waals surface area (Å²) in [4.78, 5) is 0. The molecule has 0 fully saturated rings. The highest BCUT2D eigenvalue weighted by molar-refractivity contribution is 6.38. The molecule has 25 heavy (non-hydrogen) atoms. The molecule has 0 bridgehead atoms. The minimum Gasteiger partial charge on any atom is -0.396 e. The number of aliphatic hydroxyl groups is 1. The van der Waals surface area contributed by atoms with Crippen LogP contribution in [0.4, 0.5) is 5.69 Å². The van der Waals surface area contributed by atoms with Gasteiger partial charge in [-0.25, -0.2) is 0 Å². The van der Waals surface area contributed by atoms with Gasteiger partial charge in [-0.1, -0.05) is 60.3 Å². The van der Waals surface area contributed by atoms with E-state index in [1.807, 2.05) is 12.1 Å². The molecule has 1 radical (unpaired) electrons. The second-order valence-corrected chi connectivity index (χ2v) is 7.01. The first-order valence-electron chi connectivity index (χ1n) is 8.66. The fourth-order valence-corrected chi connectivity index (χ4v) is 3.18. The Bertz CT molecular complexity index is 626. The first kappa shape index (κ1) is 20.1. The quantitative estimate of drug-likeness (QED) is 0.410. The van der Waals surface area contributed by atoms with Crippen molar-refractivity contribution in [3.63, 3.8) is 0 Å². The average molecular weight is 380 g/mol. The lowest BCUT2D eigenvalue weighted by atomic mass is 10.1. The normalized spacial score (nSPS) is 12.3. The zero-order valence-electron chi connectivity index (χ0n) is 14.3. The van der Waals surface area contributed by atoms with Crippen LogP contribution in [0.15, 0.2) is 36.4 Å². The van der Waals surface area contributed by atoms with E-state index in [1.165, 1.54) is 24.8 Å². The van der Waals surface area contributed by atoms with Crippen LogP contribution in [0.5, 0.6) is 0 Å². The lowest BCUT2D eigenvalue weighted by Gasteiger charge is -2.14. The van der Waals surface area contributed by atoms with Gasteiger partial charge in [0.1, 0.15) is 0 Å². The predicted molar refractivity (Wildman–Crippen MR) is 106 cm³/mol. The van der Waals surface area contributed by atoms with E-state index in [9.17, 15) is 5.11 Å². The summed E-state index contributed by atoms with van der Waals surface area (Å²) in [5, 5.41) is 14.2. The molecule has 0 spiro atoms. The molecule has 0 aromatic heterocycles. The Morgan fingerprint density at radius 2 is 1.68 bits per heavy atom. The number of nitrogen functional groups attached to an aromatic ring is 1. The Labute approximate surface area is 160 Å². The summed E-state index contributed by atoms with van der Waals surface area (Å²) in [6, 6.07) is 14.5. The van der Waals surface area contributed by atoms with Crippen LogP contribution in [0.25, 0.3) is 0 Å². The maximum atomic E-state index is 10.2. The van der Waals surface area contributed by atoms with Crippen molar-refractivity contribution in [1.29, 1.82) is 0 Å². The summed E-state index contributed by atoms with van der Waals surface area (Å²) in [5.74, 6) is 0. The minimum absolute atomic E-state index is 0.348. The van der Waals surface area contributed by atoms with Crippen molar-refractivity contribution < 1.29 is 5.11 Å². The lowest BCUT2D eigenvalue weighted by molar-refractivity contribution is 0.174. The minimum atomic E-state index is -0.648. The van der Waals surface area contributed by atoms with Gasteiger partial charge >= 0.3 is 0 Å². The van der Waals surface area contributed by atoms with E-state index in [-0.39, 0.29) is 0 Å². The van der Waals surface area contributed by atoms with E-state index in [1.54, 1.807) is 12.1 Å². The fourth-order valence-electron chi connectivity index (χ4n) is 2.67. The Kier molecular flexibility index (Phi) is 8.56. The fraction of sp³-hybridized carbons (Fsp3) is 0.400. The Morgan fingerprint density at radius 3 is 2.36 bits per heavy atom. The molecule has 1 atom stereocenters. The number of nitrogens with two attached hydrogens (primary N) is 1. The number of halogens is 2. The molecule has 1 unspecified atom stereocenters. The number of aliphatic hydroxyl groups excluding tert-OH is 1. The van der Waals surface area contributed by atoms with Crippen molar-refractivity contribution in [1.82, 2.24) is 5.32 Å². The van der Waals surface area contributed by atoms with E-state index in [2.05, 4.69) is 23.5 Å². The molecule has 2 aromatic rings. The molecule has 2 aromatic carbocycles. The summed E-state index contributed by atoms with van der Waals surface area (Å²) in [5.41, 5.74) is 8.11. The zero-order valence-corrected chi connectivity index (χ0v) is 15.8. The van der Waals surface area contributed by atoms with Crippen LogP contribution in [0.3, 0.4) is 0 Å². The maximum absolute atomic E-state index is 10.2. The summed E-state index contributed by atoms with van der Waals surface area (Å²) >= 11 is 12.0. The molecule has 0 aliphatic carbocycles. The van der Waals surface area contributed by atoms with E-state index >= 15 is 0 Å². The van der Waals surface area contributed by atoms with Gasteiger partial charge in [-0.15, -0.1) is 0 Å². The Morgan fingerprint density at radius 1 is 1.04 bits per heavy atom. The van der Waals surface area contributed by atoms with E-state index < -0.39 is 6.10 Å². The second-order valence-electron chi connectivity index (χ2n) is 6.19. The third kappa shape index (κ3) is 6.87. The molecule has 5 heteroatoms. The highest BCUT2D eigenvalue weighted by atomic mass is 35.5. The van der Waals surface area contributed by atoms with Crippen molar-refractivity contribution in [2.24, 2.45) is 0 Å². The average Bonchev–Trinajstić information content (AvgIpc) is 2.62. The highest BCUT2D eigenvalue weighted by Gasteiger charge is 2.11. The number of rotatable bonds is 10. The number of hydrogen-bond donors (Lipinski definition) is 3. The third-order valence-corrected chi connectivity index (χ3v) is 4.81. The van der Waals surface area contributed by atoms with Crippen LogP contribution in [-0.4, -0.2) is 18.2 Å². The summed E-state index contributed by atoms with van der Waals surface area (Å²) in [6.45, 7) is 1.35. The molecular weight excluding hydrogens is 355 g/mol. The number of unbranched alkanes of at least 4 members (excludes halogenated alkanes) is 3. The molecule has 0 saturated heterocycles. The number of nitrogens with one attached hydrogen (secondary N) is 1. The van der Waals surface area contributed by atoms with Gasteiger partial charge in [-0.3, -0.25) is 0 Å². The number of anilines is 1. The van der Waals surface area contributed by atoms with Gasteiger partial charge in [0.15, 0.2) is 0 Å². The Balaban J connectivity index is 1.57. The summed E-state index contributed by atoms with van der Waals surface area (Å²) in [7, 11) is 0. The monoisotopic (exact) mass is 379 g/mol. The summed E-state index contributed by atoms with van der Waals surface area (Å²) < 4.78 is 0. The van der Waals surface area contributed by atoms with Gasteiger partial charge in [-0.05, 0) is 55.1 Å². The van der Waals surface area contributed by atoms with Crippen LogP contribution in [0.2, 0.25) is 10.0 Å². The number of aryl methyl sites for hydroxylation is 1. The predicted octanol–water partition coefficient (Wildman–Crippen LogP) is 4.80. The Hall–Kier alpha value is -1.26. The van der Waals surface area contributed by atoms with Crippen LogP contribution in [-0.2, 0) is 6.42 Å². The first-order valence-corrected chi connectivity index (χ1v) is 9.41. The maximum Gasteiger partial charge on any atom is 0.0915 e. The van der Waals surface area contributed by atoms with E-state index in [4.69, 9.17) is 28.9 Å². The molecule has 0 aliphatic rings. The van der Waals surface area contributed by atoms with Gasteiger partial charge in [0.05, 0.1) is 21.8 Å². The van der Waals surface area contributed by atoms with Crippen molar-refractivity contribution in [3.05, 3.63) is 63.6 Å². The molecule has 4 N–H and O–H groups in total. The molecule has 0 amide bonds. The standard InChI is InChI=1S/C20H25Cl2N2O/c21-17-12-16(13-18(22)20(17)23)19(25)14-24-11-7-2-1-4-8-15-9-5-3-6-10-15/h5-6,9-10,12-13,19,24-25H,1-2,4,7-8,11,14,23H2. The number of hydrogen-bond acceptors (Lipinski definition) is 3. The molecule has 0 aliphatic heterocycles.